The van der Waals surface area contributed by atoms with E-state index in [9.17, 15) is 9.59 Å². The van der Waals surface area contributed by atoms with Crippen molar-refractivity contribution in [3.05, 3.63) is 96.2 Å². The van der Waals surface area contributed by atoms with E-state index in [1.807, 2.05) is 72.8 Å². The smallest absolute Gasteiger partial charge is 0.324 e. The summed E-state index contributed by atoms with van der Waals surface area (Å²) in [4.78, 5) is 24.3. The van der Waals surface area contributed by atoms with Crippen molar-refractivity contribution < 1.29 is 14.3 Å². The highest BCUT2D eigenvalue weighted by atomic mass is 16.5. The number of carbonyl (C=O) groups is 2. The topological polar surface area (TPSA) is 111 Å². The third-order valence-electron chi connectivity index (χ3n) is 5.39. The predicted octanol–water partition coefficient (Wildman–Crippen LogP) is 5.68. The van der Waals surface area contributed by atoms with Crippen LogP contribution in [0.1, 0.15) is 31.0 Å². The maximum absolute atomic E-state index is 12.9. The zero-order valence-corrected chi connectivity index (χ0v) is 20.1. The Labute approximate surface area is 210 Å². The number of benzene rings is 3. The maximum Gasteiger partial charge on any atom is 0.324 e. The van der Waals surface area contributed by atoms with Crippen molar-refractivity contribution in [2.75, 3.05) is 10.6 Å². The molecule has 3 aromatic carbocycles. The van der Waals surface area contributed by atoms with Crippen molar-refractivity contribution in [3.63, 3.8) is 0 Å². The molecule has 0 saturated heterocycles. The Morgan fingerprint density at radius 1 is 0.917 bits per heavy atom. The first-order valence-corrected chi connectivity index (χ1v) is 11.9. The van der Waals surface area contributed by atoms with Crippen molar-refractivity contribution >= 4 is 23.4 Å². The van der Waals surface area contributed by atoms with Gasteiger partial charge in [0.2, 0.25) is 5.91 Å². The fourth-order valence-corrected chi connectivity index (χ4v) is 3.74. The molecule has 1 heterocycles. The van der Waals surface area contributed by atoms with Gasteiger partial charge in [-0.2, -0.15) is 5.10 Å². The Kier molecular flexibility index (Phi) is 7.97. The normalized spacial score (nSPS) is 10.6. The molecule has 1 aromatic heterocycles. The van der Waals surface area contributed by atoms with Crippen LogP contribution in [-0.2, 0) is 17.6 Å². The number of anilines is 2. The second-order valence-corrected chi connectivity index (χ2v) is 8.37. The molecular weight excluding hydrogens is 454 g/mol. The summed E-state index contributed by atoms with van der Waals surface area (Å²) in [5.41, 5.74) is 8.31. The number of nitrogens with zero attached hydrogens (tertiary/aromatic N) is 2. The van der Waals surface area contributed by atoms with E-state index in [0.717, 1.165) is 36.2 Å². The molecule has 0 aliphatic rings. The Morgan fingerprint density at radius 2 is 1.69 bits per heavy atom. The highest BCUT2D eigenvalue weighted by molar-refractivity contribution is 5.99. The number of primary amides is 1. The molecule has 0 saturated carbocycles. The minimum absolute atomic E-state index is 0.127. The summed E-state index contributed by atoms with van der Waals surface area (Å²) in [6.07, 6.45) is 2.94. The highest BCUT2D eigenvalue weighted by Crippen LogP contribution is 2.25. The molecule has 0 fully saturated rings. The van der Waals surface area contributed by atoms with Gasteiger partial charge in [0.15, 0.2) is 0 Å². The molecule has 0 radical (unpaired) electrons. The largest absolute Gasteiger partial charge is 0.457 e. The van der Waals surface area contributed by atoms with Crippen LogP contribution in [-0.4, -0.2) is 21.7 Å². The maximum atomic E-state index is 12.9. The number of hydrogen-bond donors (Lipinski definition) is 3. The Hall–Kier alpha value is -4.59. The van der Waals surface area contributed by atoms with Crippen molar-refractivity contribution in [1.82, 2.24) is 9.78 Å². The first kappa shape index (κ1) is 24.5. The standard InChI is InChI=1S/C28H29N5O3/c1-2-3-10-22-19-27(33(32-22)23-12-7-9-20(16-23)17-26(29)34)31-28(35)30-21-11-8-15-25(18-21)36-24-13-5-4-6-14-24/h4-9,11-16,18-19H,2-3,10,17H2,1H3,(H2,29,34)(H2,30,31,35). The number of aromatic nitrogens is 2. The molecule has 8 nitrogen and oxygen atoms in total. The second-order valence-electron chi connectivity index (χ2n) is 8.37. The van der Waals surface area contributed by atoms with Crippen molar-refractivity contribution in [1.29, 1.82) is 0 Å². The van der Waals surface area contributed by atoms with Gasteiger partial charge in [-0.05, 0) is 54.8 Å². The van der Waals surface area contributed by atoms with E-state index >= 15 is 0 Å². The van der Waals surface area contributed by atoms with Crippen LogP contribution in [0.15, 0.2) is 84.9 Å². The summed E-state index contributed by atoms with van der Waals surface area (Å²) in [6, 6.07) is 25.4. The summed E-state index contributed by atoms with van der Waals surface area (Å²) < 4.78 is 7.53. The number of ether oxygens (including phenoxy) is 1. The molecule has 0 unspecified atom stereocenters. The third-order valence-corrected chi connectivity index (χ3v) is 5.39. The Bertz CT molecular complexity index is 1330. The lowest BCUT2D eigenvalue weighted by molar-refractivity contribution is -0.117. The first-order valence-electron chi connectivity index (χ1n) is 11.9. The SMILES string of the molecule is CCCCc1cc(NC(=O)Nc2cccc(Oc3ccccc3)c2)n(-c2cccc(CC(N)=O)c2)n1. The van der Waals surface area contributed by atoms with Crippen LogP contribution in [0.3, 0.4) is 0 Å². The van der Waals surface area contributed by atoms with Gasteiger partial charge in [0.05, 0.1) is 17.8 Å². The van der Waals surface area contributed by atoms with Crippen molar-refractivity contribution in [2.45, 2.75) is 32.6 Å². The molecule has 0 atom stereocenters. The van der Waals surface area contributed by atoms with E-state index in [1.165, 1.54) is 0 Å². The van der Waals surface area contributed by atoms with Crippen LogP contribution >= 0.6 is 0 Å². The lowest BCUT2D eigenvalue weighted by Crippen LogP contribution is -2.21. The van der Waals surface area contributed by atoms with E-state index in [4.69, 9.17) is 15.6 Å². The number of unbranched alkanes of at least 4 members (excludes halogenated alkanes) is 1. The van der Waals surface area contributed by atoms with Crippen LogP contribution in [0.25, 0.3) is 5.69 Å². The molecular formula is C28H29N5O3. The molecule has 4 aromatic rings. The van der Waals surface area contributed by atoms with Crippen LogP contribution in [0.2, 0.25) is 0 Å². The highest BCUT2D eigenvalue weighted by Gasteiger charge is 2.14. The van der Waals surface area contributed by atoms with Crippen molar-refractivity contribution in [2.24, 2.45) is 5.73 Å². The molecule has 36 heavy (non-hydrogen) atoms. The average molecular weight is 484 g/mol. The number of hydrogen-bond acceptors (Lipinski definition) is 4. The monoisotopic (exact) mass is 483 g/mol. The number of nitrogens with one attached hydrogen (secondary N) is 2. The van der Waals surface area contributed by atoms with Crippen LogP contribution < -0.4 is 21.1 Å². The zero-order chi connectivity index (χ0) is 25.3. The van der Waals surface area contributed by atoms with E-state index in [2.05, 4.69) is 17.6 Å². The first-order chi connectivity index (χ1) is 17.5. The lowest BCUT2D eigenvalue weighted by atomic mass is 10.1. The Morgan fingerprint density at radius 3 is 2.47 bits per heavy atom. The van der Waals surface area contributed by atoms with Crippen LogP contribution in [0.5, 0.6) is 11.5 Å². The molecule has 0 aliphatic carbocycles. The summed E-state index contributed by atoms with van der Waals surface area (Å²) in [5.74, 6) is 1.43. The number of rotatable bonds is 10. The minimum atomic E-state index is -0.414. The van der Waals surface area contributed by atoms with Gasteiger partial charge < -0.3 is 15.8 Å². The molecule has 8 heteroatoms. The lowest BCUT2D eigenvalue weighted by Gasteiger charge is -2.12. The van der Waals surface area contributed by atoms with Gasteiger partial charge in [0.25, 0.3) is 0 Å². The summed E-state index contributed by atoms with van der Waals surface area (Å²) >= 11 is 0. The third kappa shape index (κ3) is 6.73. The van der Waals surface area contributed by atoms with Gasteiger partial charge in [0.1, 0.15) is 17.3 Å². The quantitative estimate of drug-likeness (QED) is 0.269. The molecule has 0 bridgehead atoms. The fourth-order valence-electron chi connectivity index (χ4n) is 3.74. The molecule has 0 aliphatic heterocycles. The molecule has 0 spiro atoms. The number of amides is 3. The second kappa shape index (κ2) is 11.7. The number of aryl methyl sites for hydroxylation is 1. The predicted molar refractivity (Wildman–Crippen MR) is 141 cm³/mol. The minimum Gasteiger partial charge on any atom is -0.457 e. The average Bonchev–Trinajstić information content (AvgIpc) is 3.25. The van der Waals surface area contributed by atoms with Gasteiger partial charge in [-0.3, -0.25) is 10.1 Å². The number of urea groups is 1. The molecule has 4 rings (SSSR count). The van der Waals surface area contributed by atoms with Crippen LogP contribution in [0.4, 0.5) is 16.3 Å². The van der Waals surface area contributed by atoms with Crippen LogP contribution in [0, 0.1) is 0 Å². The summed E-state index contributed by atoms with van der Waals surface area (Å²) in [7, 11) is 0. The van der Waals surface area contributed by atoms with E-state index in [-0.39, 0.29) is 6.42 Å². The molecule has 4 N–H and O–H groups in total. The van der Waals surface area contributed by atoms with Crippen molar-refractivity contribution in [3.8, 4) is 17.2 Å². The number of para-hydroxylation sites is 1. The van der Waals surface area contributed by atoms with Gasteiger partial charge in [-0.1, -0.05) is 49.7 Å². The van der Waals surface area contributed by atoms with Gasteiger partial charge in [-0.15, -0.1) is 0 Å². The van der Waals surface area contributed by atoms with Gasteiger partial charge in [-0.25, -0.2) is 9.48 Å². The summed E-state index contributed by atoms with van der Waals surface area (Å²) in [5, 5.41) is 10.5. The fraction of sp³-hybridized carbons (Fsp3) is 0.179. The van der Waals surface area contributed by atoms with E-state index in [1.54, 1.807) is 16.8 Å². The zero-order valence-electron chi connectivity index (χ0n) is 20.1. The van der Waals surface area contributed by atoms with E-state index in [0.29, 0.717) is 23.0 Å². The molecule has 3 amide bonds. The molecule has 184 valence electrons. The van der Waals surface area contributed by atoms with Gasteiger partial charge in [0, 0.05) is 17.8 Å². The number of carbonyl (C=O) groups excluding carboxylic acids is 2. The number of nitrogens with two attached hydrogens (primary N) is 1. The Balaban J connectivity index is 1.52. The van der Waals surface area contributed by atoms with Gasteiger partial charge >= 0.3 is 6.03 Å². The van der Waals surface area contributed by atoms with E-state index < -0.39 is 11.9 Å². The summed E-state index contributed by atoms with van der Waals surface area (Å²) in [6.45, 7) is 2.12.